The molecule has 114 valence electrons. The molecule has 0 saturated carbocycles. The van der Waals surface area contributed by atoms with Gasteiger partial charge in [-0.2, -0.15) is 13.4 Å². The average Bonchev–Trinajstić information content (AvgIpc) is 2.86. The third-order valence-corrected chi connectivity index (χ3v) is 4.13. The Morgan fingerprint density at radius 1 is 1.18 bits per heavy atom. The molecule has 0 radical (unpaired) electrons. The van der Waals surface area contributed by atoms with Gasteiger partial charge < -0.3 is 5.11 Å². The van der Waals surface area contributed by atoms with Crippen LogP contribution in [0.5, 0.6) is 5.75 Å². The standard InChI is InChI=1S/C13H13N5O3S/c1-8-7-9(2)18-12(14-8)15-13(16-18)22(20,21)17-10-5-3-4-6-11(10)19/h3-7,17,19H,1-2H3. The van der Waals surface area contributed by atoms with Crippen molar-refractivity contribution in [3.8, 4) is 5.75 Å². The molecule has 0 unspecified atom stereocenters. The molecule has 0 spiro atoms. The molecule has 2 N–H and O–H groups in total. The van der Waals surface area contributed by atoms with Crippen LogP contribution in [0.4, 0.5) is 5.69 Å². The van der Waals surface area contributed by atoms with E-state index >= 15 is 0 Å². The van der Waals surface area contributed by atoms with E-state index < -0.39 is 15.2 Å². The number of hydrogen-bond acceptors (Lipinski definition) is 6. The second kappa shape index (κ2) is 4.95. The first-order chi connectivity index (χ1) is 10.4. The molecule has 0 aliphatic carbocycles. The molecule has 0 aliphatic rings. The highest BCUT2D eigenvalue weighted by Gasteiger charge is 2.22. The largest absolute Gasteiger partial charge is 0.506 e. The van der Waals surface area contributed by atoms with Gasteiger partial charge in [-0.05, 0) is 32.0 Å². The molecule has 0 saturated heterocycles. The monoisotopic (exact) mass is 319 g/mol. The summed E-state index contributed by atoms with van der Waals surface area (Å²) in [5.41, 5.74) is 1.50. The van der Waals surface area contributed by atoms with E-state index in [0.717, 1.165) is 11.4 Å². The molecule has 3 aromatic rings. The van der Waals surface area contributed by atoms with Crippen molar-refractivity contribution < 1.29 is 13.5 Å². The van der Waals surface area contributed by atoms with Crippen LogP contribution >= 0.6 is 0 Å². The predicted molar refractivity (Wildman–Crippen MR) is 79.2 cm³/mol. The first-order valence-electron chi connectivity index (χ1n) is 6.39. The topological polar surface area (TPSA) is 109 Å². The number of phenolic OH excluding ortho intramolecular Hbond substituents is 1. The van der Waals surface area contributed by atoms with E-state index in [4.69, 9.17) is 0 Å². The molecule has 0 fully saturated rings. The first-order valence-corrected chi connectivity index (χ1v) is 7.87. The van der Waals surface area contributed by atoms with Crippen LogP contribution in [0, 0.1) is 13.8 Å². The number of phenols is 1. The molecule has 2 aromatic heterocycles. The molecule has 0 atom stereocenters. The van der Waals surface area contributed by atoms with Crippen molar-refractivity contribution in [2.24, 2.45) is 0 Å². The van der Waals surface area contributed by atoms with E-state index in [0.29, 0.717) is 0 Å². The van der Waals surface area contributed by atoms with E-state index in [9.17, 15) is 13.5 Å². The molecular formula is C13H13N5O3S. The lowest BCUT2D eigenvalue weighted by atomic mass is 10.3. The molecule has 1 aromatic carbocycles. The van der Waals surface area contributed by atoms with E-state index in [2.05, 4.69) is 19.8 Å². The Bertz CT molecular complexity index is 965. The lowest BCUT2D eigenvalue weighted by molar-refractivity contribution is 0.477. The highest BCUT2D eigenvalue weighted by Crippen LogP contribution is 2.24. The number of nitrogens with zero attached hydrogens (tertiary/aromatic N) is 4. The maximum Gasteiger partial charge on any atom is 0.299 e. The van der Waals surface area contributed by atoms with E-state index in [1.54, 1.807) is 32.0 Å². The fraction of sp³-hybridized carbons (Fsp3) is 0.154. The number of nitrogens with one attached hydrogen (secondary N) is 1. The maximum absolute atomic E-state index is 12.3. The summed E-state index contributed by atoms with van der Waals surface area (Å²) in [6.45, 7) is 3.57. The molecule has 0 bridgehead atoms. The normalized spacial score (nSPS) is 11.7. The smallest absolute Gasteiger partial charge is 0.299 e. The molecule has 8 nitrogen and oxygen atoms in total. The predicted octanol–water partition coefficient (Wildman–Crippen LogP) is 1.25. The van der Waals surface area contributed by atoms with Crippen LogP contribution in [-0.2, 0) is 10.0 Å². The van der Waals surface area contributed by atoms with Crippen molar-refractivity contribution in [2.75, 3.05) is 4.72 Å². The average molecular weight is 319 g/mol. The van der Waals surface area contributed by atoms with Crippen molar-refractivity contribution in [3.05, 3.63) is 41.7 Å². The molecule has 2 heterocycles. The molecule has 3 rings (SSSR count). The van der Waals surface area contributed by atoms with Gasteiger partial charge in [0.25, 0.3) is 21.0 Å². The third kappa shape index (κ3) is 2.46. The van der Waals surface area contributed by atoms with Crippen LogP contribution in [0.2, 0.25) is 0 Å². The highest BCUT2D eigenvalue weighted by atomic mass is 32.2. The quantitative estimate of drug-likeness (QED) is 0.703. The summed E-state index contributed by atoms with van der Waals surface area (Å²) < 4.78 is 28.3. The Labute approximate surface area is 126 Å². The Balaban J connectivity index is 2.06. The minimum absolute atomic E-state index is 0.0576. The van der Waals surface area contributed by atoms with Gasteiger partial charge in [0.05, 0.1) is 5.69 Å². The van der Waals surface area contributed by atoms with Gasteiger partial charge in [0.1, 0.15) is 5.75 Å². The van der Waals surface area contributed by atoms with Crippen LogP contribution < -0.4 is 4.72 Å². The minimum atomic E-state index is -4.02. The first kappa shape index (κ1) is 14.3. The lowest BCUT2D eigenvalue weighted by Gasteiger charge is -2.06. The fourth-order valence-electron chi connectivity index (χ4n) is 2.01. The summed E-state index contributed by atoms with van der Waals surface area (Å²) in [5.74, 6) is 0.0233. The van der Waals surface area contributed by atoms with Gasteiger partial charge >= 0.3 is 0 Å². The summed E-state index contributed by atoms with van der Waals surface area (Å²) in [5, 5.41) is 13.2. The number of para-hydroxylation sites is 2. The number of anilines is 1. The zero-order chi connectivity index (χ0) is 15.9. The maximum atomic E-state index is 12.3. The van der Waals surface area contributed by atoms with Gasteiger partial charge in [-0.3, -0.25) is 4.72 Å². The number of sulfonamides is 1. The highest BCUT2D eigenvalue weighted by molar-refractivity contribution is 7.92. The zero-order valence-corrected chi connectivity index (χ0v) is 12.7. The second-order valence-electron chi connectivity index (χ2n) is 4.77. The number of rotatable bonds is 3. The number of fused-ring (bicyclic) bond motifs is 1. The second-order valence-corrected chi connectivity index (χ2v) is 6.34. The SMILES string of the molecule is Cc1cc(C)n2nc(S(=O)(=O)Nc3ccccc3O)nc2n1. The van der Waals surface area contributed by atoms with Gasteiger partial charge in [-0.15, -0.1) is 5.10 Å². The number of aromatic nitrogens is 4. The molecule has 0 amide bonds. The van der Waals surface area contributed by atoms with Crippen LogP contribution in [0.25, 0.3) is 5.78 Å². The van der Waals surface area contributed by atoms with Crippen molar-refractivity contribution in [2.45, 2.75) is 19.0 Å². The van der Waals surface area contributed by atoms with Gasteiger partial charge in [-0.1, -0.05) is 12.1 Å². The Morgan fingerprint density at radius 2 is 1.91 bits per heavy atom. The minimum Gasteiger partial charge on any atom is -0.506 e. The fourth-order valence-corrected chi connectivity index (χ4v) is 2.96. The van der Waals surface area contributed by atoms with Crippen molar-refractivity contribution in [1.82, 2.24) is 19.6 Å². The number of aryl methyl sites for hydroxylation is 2. The lowest BCUT2D eigenvalue weighted by Crippen LogP contribution is -2.15. The van der Waals surface area contributed by atoms with Crippen molar-refractivity contribution >= 4 is 21.5 Å². The van der Waals surface area contributed by atoms with Crippen molar-refractivity contribution in [3.63, 3.8) is 0 Å². The van der Waals surface area contributed by atoms with Gasteiger partial charge in [0.2, 0.25) is 0 Å². The molecular weight excluding hydrogens is 306 g/mol. The summed E-state index contributed by atoms with van der Waals surface area (Å²) in [6.07, 6.45) is 0. The summed E-state index contributed by atoms with van der Waals surface area (Å²) in [4.78, 5) is 8.08. The van der Waals surface area contributed by atoms with E-state index in [1.807, 2.05) is 0 Å². The number of aromatic hydroxyl groups is 1. The van der Waals surface area contributed by atoms with E-state index in [-0.39, 0.29) is 17.2 Å². The number of hydrogen-bond donors (Lipinski definition) is 2. The van der Waals surface area contributed by atoms with Gasteiger partial charge in [0, 0.05) is 11.4 Å². The Kier molecular flexibility index (Phi) is 3.21. The van der Waals surface area contributed by atoms with Crippen molar-refractivity contribution in [1.29, 1.82) is 0 Å². The van der Waals surface area contributed by atoms with E-state index in [1.165, 1.54) is 16.6 Å². The molecule has 9 heteroatoms. The Morgan fingerprint density at radius 3 is 2.64 bits per heavy atom. The summed E-state index contributed by atoms with van der Waals surface area (Å²) in [7, 11) is -4.02. The van der Waals surface area contributed by atoms with Crippen LogP contribution in [-0.4, -0.2) is 33.1 Å². The molecule has 22 heavy (non-hydrogen) atoms. The zero-order valence-electron chi connectivity index (χ0n) is 11.8. The number of benzene rings is 1. The third-order valence-electron chi connectivity index (χ3n) is 2.99. The molecule has 0 aliphatic heterocycles. The van der Waals surface area contributed by atoms with Crippen LogP contribution in [0.3, 0.4) is 0 Å². The van der Waals surface area contributed by atoms with Gasteiger partial charge in [-0.25, -0.2) is 9.50 Å². The summed E-state index contributed by atoms with van der Waals surface area (Å²) >= 11 is 0. The van der Waals surface area contributed by atoms with Crippen LogP contribution in [0.15, 0.2) is 35.5 Å². The van der Waals surface area contributed by atoms with Crippen LogP contribution in [0.1, 0.15) is 11.4 Å². The Hall–Kier alpha value is -2.68. The summed E-state index contributed by atoms with van der Waals surface area (Å²) in [6, 6.07) is 7.78. The van der Waals surface area contributed by atoms with Gasteiger partial charge in [0.15, 0.2) is 0 Å².